The Morgan fingerprint density at radius 1 is 1.25 bits per heavy atom. The Balaban J connectivity index is 1.77. The zero-order valence-electron chi connectivity index (χ0n) is 13.3. The predicted octanol–water partition coefficient (Wildman–Crippen LogP) is 1.94. The molecule has 3 rings (SSSR count). The van der Waals surface area contributed by atoms with E-state index >= 15 is 0 Å². The summed E-state index contributed by atoms with van der Waals surface area (Å²) in [5.74, 6) is -0.378. The molecule has 0 saturated carbocycles. The summed E-state index contributed by atoms with van der Waals surface area (Å²) >= 11 is 0. The third-order valence-corrected chi connectivity index (χ3v) is 3.82. The summed E-state index contributed by atoms with van der Waals surface area (Å²) in [5.41, 5.74) is 2.25. The first-order chi connectivity index (χ1) is 11.7. The van der Waals surface area contributed by atoms with Crippen molar-refractivity contribution in [1.29, 1.82) is 0 Å². The molecule has 0 aliphatic carbocycles. The smallest absolute Gasteiger partial charge is 0.261 e. The van der Waals surface area contributed by atoms with E-state index in [9.17, 15) is 9.59 Å². The number of pyridine rings is 2. The van der Waals surface area contributed by atoms with E-state index in [0.29, 0.717) is 18.5 Å². The van der Waals surface area contributed by atoms with Crippen molar-refractivity contribution >= 4 is 22.5 Å². The highest BCUT2D eigenvalue weighted by molar-refractivity contribution is 5.99. The number of carbonyl (C=O) groups is 1. The highest BCUT2D eigenvalue weighted by Crippen LogP contribution is 2.19. The topological polar surface area (TPSA) is 86.9 Å². The second kappa shape index (κ2) is 6.95. The normalized spacial score (nSPS) is 10.5. The molecule has 6 heteroatoms. The number of carbonyl (C=O) groups excluding carboxylic acids is 1. The van der Waals surface area contributed by atoms with E-state index in [4.69, 9.17) is 0 Å². The minimum absolute atomic E-state index is 0.113. The fourth-order valence-electron chi connectivity index (χ4n) is 2.57. The van der Waals surface area contributed by atoms with Gasteiger partial charge in [-0.15, -0.1) is 0 Å². The molecule has 0 saturated heterocycles. The summed E-state index contributed by atoms with van der Waals surface area (Å²) in [4.78, 5) is 31.3. The lowest BCUT2D eigenvalue weighted by molar-refractivity contribution is 0.0953. The van der Waals surface area contributed by atoms with Crippen LogP contribution in [0.25, 0.3) is 10.9 Å². The van der Waals surface area contributed by atoms with E-state index in [0.717, 1.165) is 16.6 Å². The lowest BCUT2D eigenvalue weighted by atomic mass is 10.1. The molecule has 122 valence electrons. The van der Waals surface area contributed by atoms with Gasteiger partial charge >= 0.3 is 0 Å². The SMILES string of the molecule is CNc1cccc2cc(C(=O)NCCc3cccnc3)c(=O)[nH]c12. The van der Waals surface area contributed by atoms with E-state index in [-0.39, 0.29) is 11.5 Å². The van der Waals surface area contributed by atoms with Crippen molar-refractivity contribution in [3.63, 3.8) is 0 Å². The summed E-state index contributed by atoms with van der Waals surface area (Å²) in [5, 5.41) is 6.61. The minimum Gasteiger partial charge on any atom is -0.386 e. The summed E-state index contributed by atoms with van der Waals surface area (Å²) < 4.78 is 0. The van der Waals surface area contributed by atoms with Gasteiger partial charge in [-0.2, -0.15) is 0 Å². The Hall–Kier alpha value is -3.15. The maximum atomic E-state index is 12.3. The van der Waals surface area contributed by atoms with Gasteiger partial charge in [-0.1, -0.05) is 18.2 Å². The predicted molar refractivity (Wildman–Crippen MR) is 94.4 cm³/mol. The highest BCUT2D eigenvalue weighted by Gasteiger charge is 2.12. The summed E-state index contributed by atoms with van der Waals surface area (Å²) in [6.45, 7) is 0.443. The van der Waals surface area contributed by atoms with Crippen molar-refractivity contribution in [3.8, 4) is 0 Å². The van der Waals surface area contributed by atoms with Crippen LogP contribution < -0.4 is 16.2 Å². The molecule has 0 radical (unpaired) electrons. The monoisotopic (exact) mass is 322 g/mol. The molecule has 3 N–H and O–H groups in total. The van der Waals surface area contributed by atoms with Crippen molar-refractivity contribution in [3.05, 3.63) is 70.3 Å². The second-order valence-corrected chi connectivity index (χ2v) is 5.40. The van der Waals surface area contributed by atoms with Gasteiger partial charge in [0.1, 0.15) is 5.56 Å². The fourth-order valence-corrected chi connectivity index (χ4v) is 2.57. The van der Waals surface area contributed by atoms with Crippen molar-refractivity contribution in [2.24, 2.45) is 0 Å². The highest BCUT2D eigenvalue weighted by atomic mass is 16.2. The van der Waals surface area contributed by atoms with Crippen molar-refractivity contribution in [2.45, 2.75) is 6.42 Å². The number of amides is 1. The van der Waals surface area contributed by atoms with Crippen LogP contribution in [0.2, 0.25) is 0 Å². The molecule has 0 atom stereocenters. The van der Waals surface area contributed by atoms with Crippen LogP contribution in [0.3, 0.4) is 0 Å². The third kappa shape index (κ3) is 3.27. The summed E-state index contributed by atoms with van der Waals surface area (Å²) in [7, 11) is 1.78. The molecular weight excluding hydrogens is 304 g/mol. The van der Waals surface area contributed by atoms with Gasteiger partial charge in [-0.05, 0) is 30.2 Å². The zero-order chi connectivity index (χ0) is 16.9. The first-order valence-electron chi connectivity index (χ1n) is 7.70. The quantitative estimate of drug-likeness (QED) is 0.670. The van der Waals surface area contributed by atoms with E-state index < -0.39 is 5.56 Å². The van der Waals surface area contributed by atoms with Crippen LogP contribution in [0.1, 0.15) is 15.9 Å². The maximum absolute atomic E-state index is 12.3. The van der Waals surface area contributed by atoms with Crippen LogP contribution in [0.5, 0.6) is 0 Å². The number of aromatic nitrogens is 2. The molecule has 2 aromatic heterocycles. The molecule has 0 fully saturated rings. The number of aromatic amines is 1. The Bertz CT molecular complexity index is 919. The van der Waals surface area contributed by atoms with Gasteiger partial charge in [0.05, 0.1) is 11.2 Å². The van der Waals surface area contributed by atoms with Crippen molar-refractivity contribution < 1.29 is 4.79 Å². The van der Waals surface area contributed by atoms with Gasteiger partial charge < -0.3 is 15.6 Å². The fraction of sp³-hybridized carbons (Fsp3) is 0.167. The van der Waals surface area contributed by atoms with Crippen molar-refractivity contribution in [1.82, 2.24) is 15.3 Å². The van der Waals surface area contributed by atoms with Crippen LogP contribution in [-0.4, -0.2) is 29.5 Å². The van der Waals surface area contributed by atoms with Crippen LogP contribution in [0, 0.1) is 0 Å². The number of nitrogens with one attached hydrogen (secondary N) is 3. The molecule has 0 aliphatic heterocycles. The standard InChI is InChI=1S/C18H18N4O2/c1-19-15-6-2-5-13-10-14(18(24)22-16(13)15)17(23)21-9-7-12-4-3-8-20-11-12/h2-6,8,10-11,19H,7,9H2,1H3,(H,21,23)(H,22,24). The van der Waals surface area contributed by atoms with Gasteiger partial charge in [0.15, 0.2) is 0 Å². The number of para-hydroxylation sites is 1. The average Bonchev–Trinajstić information content (AvgIpc) is 2.61. The van der Waals surface area contributed by atoms with Gasteiger partial charge in [0.25, 0.3) is 11.5 Å². The first-order valence-corrected chi connectivity index (χ1v) is 7.70. The molecule has 3 aromatic rings. The van der Waals surface area contributed by atoms with Crippen molar-refractivity contribution in [2.75, 3.05) is 18.9 Å². The maximum Gasteiger partial charge on any atom is 0.261 e. The minimum atomic E-state index is -0.399. The molecule has 0 spiro atoms. The number of benzene rings is 1. The lowest BCUT2D eigenvalue weighted by Crippen LogP contribution is -2.31. The number of fused-ring (bicyclic) bond motifs is 1. The van der Waals surface area contributed by atoms with Crippen LogP contribution in [-0.2, 0) is 6.42 Å². The van der Waals surface area contributed by atoms with E-state index in [2.05, 4.69) is 20.6 Å². The summed E-state index contributed by atoms with van der Waals surface area (Å²) in [6, 6.07) is 11.0. The van der Waals surface area contributed by atoms with Gasteiger partial charge in [-0.3, -0.25) is 14.6 Å². The molecule has 24 heavy (non-hydrogen) atoms. The third-order valence-electron chi connectivity index (χ3n) is 3.82. The molecule has 1 aromatic carbocycles. The number of hydrogen-bond donors (Lipinski definition) is 3. The Kier molecular flexibility index (Phi) is 4.56. The molecule has 0 aliphatic rings. The Labute approximate surface area is 138 Å². The zero-order valence-corrected chi connectivity index (χ0v) is 13.3. The first kappa shape index (κ1) is 15.7. The number of rotatable bonds is 5. The van der Waals surface area contributed by atoms with E-state index in [1.807, 2.05) is 30.3 Å². The van der Waals surface area contributed by atoms with Crippen LogP contribution in [0.4, 0.5) is 5.69 Å². The number of anilines is 1. The Morgan fingerprint density at radius 2 is 2.12 bits per heavy atom. The van der Waals surface area contributed by atoms with Crippen LogP contribution in [0.15, 0.2) is 53.6 Å². The molecule has 0 bridgehead atoms. The molecular formula is C18H18N4O2. The van der Waals surface area contributed by atoms with E-state index in [1.54, 1.807) is 25.5 Å². The molecule has 1 amide bonds. The van der Waals surface area contributed by atoms with Crippen LogP contribution >= 0.6 is 0 Å². The number of hydrogen-bond acceptors (Lipinski definition) is 4. The molecule has 6 nitrogen and oxygen atoms in total. The summed E-state index contributed by atoms with van der Waals surface area (Å²) in [6.07, 6.45) is 4.12. The van der Waals surface area contributed by atoms with Gasteiger partial charge in [0, 0.05) is 31.4 Å². The van der Waals surface area contributed by atoms with E-state index in [1.165, 1.54) is 0 Å². The Morgan fingerprint density at radius 3 is 2.88 bits per heavy atom. The molecule has 2 heterocycles. The number of nitrogens with zero attached hydrogens (tertiary/aromatic N) is 1. The second-order valence-electron chi connectivity index (χ2n) is 5.40. The average molecular weight is 322 g/mol. The molecule has 0 unspecified atom stereocenters. The van der Waals surface area contributed by atoms with Gasteiger partial charge in [-0.25, -0.2) is 0 Å². The van der Waals surface area contributed by atoms with Gasteiger partial charge in [0.2, 0.25) is 0 Å². The lowest BCUT2D eigenvalue weighted by Gasteiger charge is -2.08. The number of H-pyrrole nitrogens is 1. The largest absolute Gasteiger partial charge is 0.386 e.